The van der Waals surface area contributed by atoms with Crippen LogP contribution in [-0.2, 0) is 14.8 Å². The number of hydrogen-bond acceptors (Lipinski definition) is 6. The van der Waals surface area contributed by atoms with Gasteiger partial charge in [0.15, 0.2) is 0 Å². The first-order valence-corrected chi connectivity index (χ1v) is 9.70. The van der Waals surface area contributed by atoms with E-state index in [0.717, 1.165) is 0 Å². The van der Waals surface area contributed by atoms with Gasteiger partial charge in [-0.15, -0.1) is 5.92 Å². The first-order valence-electron chi connectivity index (χ1n) is 8.22. The van der Waals surface area contributed by atoms with Crippen LogP contribution in [0.5, 0.6) is 11.5 Å². The van der Waals surface area contributed by atoms with Crippen LogP contribution >= 0.6 is 0 Å². The number of benzene rings is 2. The molecule has 0 spiro atoms. The Bertz CT molecular complexity index is 960. The average Bonchev–Trinajstić information content (AvgIpc) is 2.68. The summed E-state index contributed by atoms with van der Waals surface area (Å²) in [6, 6.07) is 10.5. The number of hydrogen-bond donors (Lipinski definition) is 4. The second kappa shape index (κ2) is 9.75. The van der Waals surface area contributed by atoms with Gasteiger partial charge in [-0.05, 0) is 48.9 Å². The molecule has 4 N–H and O–H groups in total. The molecule has 0 saturated carbocycles. The van der Waals surface area contributed by atoms with Gasteiger partial charge < -0.3 is 9.84 Å². The smallest absolute Gasteiger partial charge is 0.245 e. The van der Waals surface area contributed by atoms with Crippen LogP contribution in [0.25, 0.3) is 0 Å². The van der Waals surface area contributed by atoms with Crippen molar-refractivity contribution in [2.75, 3.05) is 6.61 Å². The summed E-state index contributed by atoms with van der Waals surface area (Å²) in [5.41, 5.74) is 1.93. The van der Waals surface area contributed by atoms with E-state index in [1.165, 1.54) is 54.0 Å². The van der Waals surface area contributed by atoms with Crippen LogP contribution in [0.1, 0.15) is 24.9 Å². The SMILES string of the molecule is CC#CCOc1ccc(S(=O)(=O)NC(CC(=O)NO)c2ccc(O)cc2)cc1. The highest BCUT2D eigenvalue weighted by molar-refractivity contribution is 7.89. The molecule has 0 heterocycles. The molecule has 0 aliphatic heterocycles. The van der Waals surface area contributed by atoms with Crippen LogP contribution in [0.2, 0.25) is 0 Å². The molecule has 8 nitrogen and oxygen atoms in total. The second-order valence-corrected chi connectivity index (χ2v) is 7.41. The maximum absolute atomic E-state index is 12.7. The Kier molecular flexibility index (Phi) is 7.40. The minimum Gasteiger partial charge on any atom is -0.508 e. The molecule has 0 aromatic heterocycles. The maximum Gasteiger partial charge on any atom is 0.245 e. The third-order valence-corrected chi connectivity index (χ3v) is 5.22. The second-order valence-electron chi connectivity index (χ2n) is 5.69. The fraction of sp³-hybridized carbons (Fsp3) is 0.211. The number of ether oxygens (including phenoxy) is 1. The molecule has 28 heavy (non-hydrogen) atoms. The summed E-state index contributed by atoms with van der Waals surface area (Å²) in [4.78, 5) is 11.6. The number of rotatable bonds is 8. The van der Waals surface area contributed by atoms with Gasteiger partial charge in [-0.1, -0.05) is 18.1 Å². The minimum atomic E-state index is -3.97. The van der Waals surface area contributed by atoms with E-state index in [-0.39, 0.29) is 23.7 Å². The molecule has 2 rings (SSSR count). The van der Waals surface area contributed by atoms with E-state index in [2.05, 4.69) is 16.6 Å². The number of aromatic hydroxyl groups is 1. The molecule has 9 heteroatoms. The Balaban J connectivity index is 2.22. The van der Waals surface area contributed by atoms with Crippen LogP contribution in [0.4, 0.5) is 0 Å². The van der Waals surface area contributed by atoms with Gasteiger partial charge in [-0.2, -0.15) is 0 Å². The highest BCUT2D eigenvalue weighted by atomic mass is 32.2. The third kappa shape index (κ3) is 5.99. The van der Waals surface area contributed by atoms with Gasteiger partial charge in [-0.25, -0.2) is 18.6 Å². The lowest BCUT2D eigenvalue weighted by molar-refractivity contribution is -0.129. The van der Waals surface area contributed by atoms with Crippen molar-refractivity contribution < 1.29 is 28.3 Å². The van der Waals surface area contributed by atoms with Gasteiger partial charge in [0, 0.05) is 6.42 Å². The molecule has 1 atom stereocenters. The number of carbonyl (C=O) groups excluding carboxylic acids is 1. The monoisotopic (exact) mass is 404 g/mol. The lowest BCUT2D eigenvalue weighted by Gasteiger charge is -2.18. The lowest BCUT2D eigenvalue weighted by Crippen LogP contribution is -2.33. The van der Waals surface area contributed by atoms with Crippen molar-refractivity contribution in [1.29, 1.82) is 0 Å². The third-order valence-electron chi connectivity index (χ3n) is 3.73. The molecule has 1 unspecified atom stereocenters. The molecule has 0 aliphatic rings. The summed E-state index contributed by atoms with van der Waals surface area (Å²) in [5.74, 6) is 5.13. The van der Waals surface area contributed by atoms with Crippen LogP contribution < -0.4 is 14.9 Å². The number of nitrogens with one attached hydrogen (secondary N) is 2. The van der Waals surface area contributed by atoms with Crippen molar-refractivity contribution in [2.45, 2.75) is 24.3 Å². The lowest BCUT2D eigenvalue weighted by atomic mass is 10.0. The first kappa shape index (κ1) is 21.2. The summed E-state index contributed by atoms with van der Waals surface area (Å²) >= 11 is 0. The zero-order valence-electron chi connectivity index (χ0n) is 15.0. The van der Waals surface area contributed by atoms with Crippen LogP contribution in [0.3, 0.4) is 0 Å². The number of phenolic OH excluding ortho intramolecular Hbond substituents is 1. The molecular formula is C19H20N2O6S. The van der Waals surface area contributed by atoms with Crippen molar-refractivity contribution in [3.8, 4) is 23.3 Å². The largest absolute Gasteiger partial charge is 0.508 e. The Hall–Kier alpha value is -3.06. The van der Waals surface area contributed by atoms with Crippen LogP contribution in [0, 0.1) is 11.8 Å². The highest BCUT2D eigenvalue weighted by Gasteiger charge is 2.24. The van der Waals surface area contributed by atoms with Crippen LogP contribution in [-0.4, -0.2) is 31.2 Å². The molecule has 0 fully saturated rings. The molecule has 2 aromatic carbocycles. The van der Waals surface area contributed by atoms with Crippen molar-refractivity contribution in [3.05, 3.63) is 54.1 Å². The highest BCUT2D eigenvalue weighted by Crippen LogP contribution is 2.23. The van der Waals surface area contributed by atoms with Gasteiger partial charge in [-0.3, -0.25) is 10.0 Å². The standard InChI is InChI=1S/C19H20N2O6S/c1-2-3-12-27-16-8-10-17(11-9-16)28(25,26)21-18(13-19(23)20-24)14-4-6-15(22)7-5-14/h4-11,18,21-22,24H,12-13H2,1H3,(H,20,23). The maximum atomic E-state index is 12.7. The summed E-state index contributed by atoms with van der Waals surface area (Å²) in [7, 11) is -3.97. The van der Waals surface area contributed by atoms with Crippen molar-refractivity contribution in [2.24, 2.45) is 0 Å². The first-order chi connectivity index (χ1) is 13.4. The number of phenols is 1. The number of carbonyl (C=O) groups is 1. The van der Waals surface area contributed by atoms with E-state index in [9.17, 15) is 18.3 Å². The number of amides is 1. The van der Waals surface area contributed by atoms with E-state index in [1.807, 2.05) is 0 Å². The van der Waals surface area contributed by atoms with Crippen molar-refractivity contribution in [1.82, 2.24) is 10.2 Å². The minimum absolute atomic E-state index is 0.000295. The Labute approximate surface area is 163 Å². The van der Waals surface area contributed by atoms with Crippen molar-refractivity contribution >= 4 is 15.9 Å². The van der Waals surface area contributed by atoms with Gasteiger partial charge in [0.1, 0.15) is 18.1 Å². The summed E-state index contributed by atoms with van der Waals surface area (Å²) in [6.45, 7) is 1.88. The fourth-order valence-corrected chi connectivity index (χ4v) is 3.55. The van der Waals surface area contributed by atoms with Gasteiger partial charge in [0.25, 0.3) is 0 Å². The quantitative estimate of drug-likeness (QED) is 0.302. The van der Waals surface area contributed by atoms with E-state index in [0.29, 0.717) is 11.3 Å². The van der Waals surface area contributed by atoms with Gasteiger partial charge in [0.05, 0.1) is 10.9 Å². The normalized spacial score (nSPS) is 11.8. The molecule has 0 bridgehead atoms. The molecule has 148 valence electrons. The number of hydroxylamine groups is 1. The van der Waals surface area contributed by atoms with E-state index in [4.69, 9.17) is 9.94 Å². The van der Waals surface area contributed by atoms with Gasteiger partial charge >= 0.3 is 0 Å². The summed E-state index contributed by atoms with van der Waals surface area (Å²) < 4.78 is 33.2. The molecule has 1 amide bonds. The molecule has 2 aromatic rings. The van der Waals surface area contributed by atoms with E-state index in [1.54, 1.807) is 6.92 Å². The van der Waals surface area contributed by atoms with Gasteiger partial charge in [0.2, 0.25) is 15.9 Å². The predicted octanol–water partition coefficient (Wildman–Crippen LogP) is 1.71. The summed E-state index contributed by atoms with van der Waals surface area (Å²) in [6.07, 6.45) is -0.336. The zero-order chi connectivity index (χ0) is 20.6. The Morgan fingerprint density at radius 1 is 1.14 bits per heavy atom. The Morgan fingerprint density at radius 2 is 1.79 bits per heavy atom. The molecule has 0 saturated heterocycles. The Morgan fingerprint density at radius 3 is 2.36 bits per heavy atom. The van der Waals surface area contributed by atoms with Crippen LogP contribution in [0.15, 0.2) is 53.4 Å². The average molecular weight is 404 g/mol. The molecular weight excluding hydrogens is 384 g/mol. The fourth-order valence-electron chi connectivity index (χ4n) is 2.33. The molecule has 0 aliphatic carbocycles. The van der Waals surface area contributed by atoms with E-state index >= 15 is 0 Å². The van der Waals surface area contributed by atoms with E-state index < -0.39 is 22.0 Å². The topological polar surface area (TPSA) is 125 Å². The summed E-state index contributed by atoms with van der Waals surface area (Å²) in [5, 5.41) is 18.2. The number of sulfonamides is 1. The zero-order valence-corrected chi connectivity index (χ0v) is 15.9. The van der Waals surface area contributed by atoms with Crippen molar-refractivity contribution in [3.63, 3.8) is 0 Å². The predicted molar refractivity (Wildman–Crippen MR) is 101 cm³/mol. The molecule has 0 radical (unpaired) electrons.